The van der Waals surface area contributed by atoms with Crippen molar-refractivity contribution >= 4 is 22.5 Å². The second kappa shape index (κ2) is 7.28. The van der Waals surface area contributed by atoms with Gasteiger partial charge in [-0.3, -0.25) is 9.48 Å². The van der Waals surface area contributed by atoms with Crippen molar-refractivity contribution in [1.82, 2.24) is 9.78 Å². The number of carbonyl (C=O) groups excluding carboxylic acids is 1. The number of aliphatic hydroxyl groups is 3. The third-order valence-electron chi connectivity index (χ3n) is 4.77. The van der Waals surface area contributed by atoms with Crippen molar-refractivity contribution in [2.75, 3.05) is 11.9 Å². The van der Waals surface area contributed by atoms with Gasteiger partial charge in [-0.05, 0) is 24.3 Å². The SMILES string of the molecule is Cn1cc2cc(NC(=O)c3ccc[n+]([C@@H]4O[C@H](CO)[C@@H](O)[C@H]4O)c3)ccc2n1. The molecule has 1 aliphatic heterocycles. The zero-order valence-corrected chi connectivity index (χ0v) is 15.1. The van der Waals surface area contributed by atoms with Gasteiger partial charge < -0.3 is 25.4 Å². The van der Waals surface area contributed by atoms with E-state index in [0.717, 1.165) is 10.9 Å². The van der Waals surface area contributed by atoms with E-state index in [1.165, 1.54) is 10.8 Å². The highest BCUT2D eigenvalue weighted by molar-refractivity contribution is 6.04. The first kappa shape index (κ1) is 18.5. The lowest BCUT2D eigenvalue weighted by molar-refractivity contribution is -0.765. The Labute approximate surface area is 160 Å². The van der Waals surface area contributed by atoms with E-state index in [0.29, 0.717) is 11.3 Å². The van der Waals surface area contributed by atoms with Gasteiger partial charge in [0.2, 0.25) is 0 Å². The van der Waals surface area contributed by atoms with Crippen LogP contribution in [0, 0.1) is 0 Å². The van der Waals surface area contributed by atoms with Gasteiger partial charge in [0, 0.05) is 30.4 Å². The van der Waals surface area contributed by atoms with Crippen LogP contribution >= 0.6 is 0 Å². The summed E-state index contributed by atoms with van der Waals surface area (Å²) in [6.07, 6.45) is 0.822. The monoisotopic (exact) mass is 385 g/mol. The highest BCUT2D eigenvalue weighted by Gasteiger charge is 2.48. The second-order valence-corrected chi connectivity index (χ2v) is 6.80. The first-order chi connectivity index (χ1) is 13.5. The molecule has 0 radical (unpaired) electrons. The number of rotatable bonds is 4. The van der Waals surface area contributed by atoms with E-state index in [4.69, 9.17) is 4.74 Å². The smallest absolute Gasteiger partial charge is 0.292 e. The predicted octanol–water partition coefficient (Wildman–Crippen LogP) is -0.275. The average Bonchev–Trinajstić information content (AvgIpc) is 3.20. The maximum atomic E-state index is 12.7. The van der Waals surface area contributed by atoms with Crippen LogP contribution in [0.2, 0.25) is 0 Å². The molecule has 1 amide bonds. The lowest BCUT2D eigenvalue weighted by atomic mass is 10.1. The van der Waals surface area contributed by atoms with Crippen LogP contribution in [0.4, 0.5) is 5.69 Å². The molecule has 0 spiro atoms. The number of aromatic nitrogens is 3. The Bertz CT molecular complexity index is 1020. The number of aliphatic hydroxyl groups excluding tert-OH is 3. The van der Waals surface area contributed by atoms with Gasteiger partial charge in [-0.2, -0.15) is 9.67 Å². The van der Waals surface area contributed by atoms with Crippen LogP contribution in [0.15, 0.2) is 48.9 Å². The molecule has 4 N–H and O–H groups in total. The Kier molecular flexibility index (Phi) is 4.82. The lowest BCUT2D eigenvalue weighted by Crippen LogP contribution is -2.46. The summed E-state index contributed by atoms with van der Waals surface area (Å²) < 4.78 is 8.71. The van der Waals surface area contributed by atoms with Crippen LogP contribution in [0.25, 0.3) is 10.9 Å². The molecule has 28 heavy (non-hydrogen) atoms. The minimum absolute atomic E-state index is 0.329. The third kappa shape index (κ3) is 3.36. The predicted molar refractivity (Wildman–Crippen MR) is 98.3 cm³/mol. The number of fused-ring (bicyclic) bond motifs is 1. The molecule has 0 saturated carbocycles. The van der Waals surface area contributed by atoms with E-state index < -0.39 is 31.1 Å². The van der Waals surface area contributed by atoms with Gasteiger partial charge in [0.05, 0.1) is 12.1 Å². The number of amides is 1. The van der Waals surface area contributed by atoms with Crippen molar-refractivity contribution in [3.8, 4) is 0 Å². The second-order valence-electron chi connectivity index (χ2n) is 6.80. The first-order valence-electron chi connectivity index (χ1n) is 8.84. The summed E-state index contributed by atoms with van der Waals surface area (Å²) in [5, 5.41) is 37.4. The van der Waals surface area contributed by atoms with Crippen molar-refractivity contribution in [3.63, 3.8) is 0 Å². The largest absolute Gasteiger partial charge is 0.394 e. The Balaban J connectivity index is 1.54. The standard InChI is InChI=1S/C19H20N4O5/c1-22-8-12-7-13(4-5-14(12)21-22)20-18(27)11-3-2-6-23(9-11)19-17(26)16(25)15(10-24)28-19/h2-9,15-17,19,24-26H,10H2,1H3/p+1/t15-,16-,17-,19-/m1/s1. The third-order valence-corrected chi connectivity index (χ3v) is 4.77. The summed E-state index contributed by atoms with van der Waals surface area (Å²) in [7, 11) is 1.83. The van der Waals surface area contributed by atoms with E-state index >= 15 is 0 Å². The number of benzene rings is 1. The van der Waals surface area contributed by atoms with Crippen molar-refractivity contribution in [2.24, 2.45) is 7.05 Å². The lowest BCUT2D eigenvalue weighted by Gasteiger charge is -2.10. The zero-order chi connectivity index (χ0) is 19.8. The summed E-state index contributed by atoms with van der Waals surface area (Å²) in [5.74, 6) is -0.329. The van der Waals surface area contributed by atoms with Crippen molar-refractivity contribution in [1.29, 1.82) is 0 Å². The summed E-state index contributed by atoms with van der Waals surface area (Å²) in [5.41, 5.74) is 1.82. The summed E-state index contributed by atoms with van der Waals surface area (Å²) in [6, 6.07) is 8.72. The van der Waals surface area contributed by atoms with Gasteiger partial charge in [0.1, 0.15) is 17.8 Å². The molecule has 1 aromatic carbocycles. The average molecular weight is 385 g/mol. The van der Waals surface area contributed by atoms with Crippen LogP contribution < -0.4 is 9.88 Å². The molecule has 9 heteroatoms. The van der Waals surface area contributed by atoms with Gasteiger partial charge in [0.25, 0.3) is 12.1 Å². The van der Waals surface area contributed by atoms with Crippen LogP contribution in [0.1, 0.15) is 16.6 Å². The van der Waals surface area contributed by atoms with Crippen LogP contribution in [-0.4, -0.2) is 55.9 Å². The van der Waals surface area contributed by atoms with E-state index in [9.17, 15) is 20.1 Å². The minimum Gasteiger partial charge on any atom is -0.394 e. The normalized spacial score (nSPS) is 24.6. The van der Waals surface area contributed by atoms with E-state index in [-0.39, 0.29) is 5.91 Å². The number of nitrogens with zero attached hydrogens (tertiary/aromatic N) is 3. The van der Waals surface area contributed by atoms with Gasteiger partial charge in [-0.1, -0.05) is 0 Å². The number of anilines is 1. The van der Waals surface area contributed by atoms with Crippen molar-refractivity contribution < 1.29 is 29.4 Å². The number of nitrogens with one attached hydrogen (secondary N) is 1. The summed E-state index contributed by atoms with van der Waals surface area (Å²) >= 11 is 0. The number of pyridine rings is 1. The van der Waals surface area contributed by atoms with Gasteiger partial charge >= 0.3 is 0 Å². The van der Waals surface area contributed by atoms with Crippen molar-refractivity contribution in [2.45, 2.75) is 24.5 Å². The number of hydrogen-bond acceptors (Lipinski definition) is 6. The topological polar surface area (TPSA) is 121 Å². The molecule has 0 bridgehead atoms. The maximum Gasteiger partial charge on any atom is 0.292 e. The number of carbonyl (C=O) groups is 1. The van der Waals surface area contributed by atoms with E-state index in [2.05, 4.69) is 10.4 Å². The molecule has 0 aliphatic carbocycles. The fourth-order valence-corrected chi connectivity index (χ4v) is 3.34. The van der Waals surface area contributed by atoms with E-state index in [1.807, 2.05) is 25.4 Å². The Morgan fingerprint density at radius 1 is 1.32 bits per heavy atom. The Hall–Kier alpha value is -2.85. The zero-order valence-electron chi connectivity index (χ0n) is 15.1. The molecule has 2 aromatic heterocycles. The van der Waals surface area contributed by atoms with Gasteiger partial charge in [-0.15, -0.1) is 0 Å². The Morgan fingerprint density at radius 2 is 2.14 bits per heavy atom. The molecule has 4 atom stereocenters. The molecule has 9 nitrogen and oxygen atoms in total. The summed E-state index contributed by atoms with van der Waals surface area (Å²) in [4.78, 5) is 12.7. The molecule has 1 aliphatic rings. The molecule has 4 rings (SSSR count). The highest BCUT2D eigenvalue weighted by Crippen LogP contribution is 2.25. The quantitative estimate of drug-likeness (QED) is 0.459. The molecule has 3 heterocycles. The van der Waals surface area contributed by atoms with Crippen molar-refractivity contribution in [3.05, 3.63) is 54.5 Å². The summed E-state index contributed by atoms with van der Waals surface area (Å²) in [6.45, 7) is -0.410. The fraction of sp³-hybridized carbons (Fsp3) is 0.316. The van der Waals surface area contributed by atoms with E-state index in [1.54, 1.807) is 29.1 Å². The Morgan fingerprint density at radius 3 is 2.89 bits per heavy atom. The molecule has 1 fully saturated rings. The highest BCUT2D eigenvalue weighted by atomic mass is 16.6. The molecular formula is C19H21N4O5+. The molecule has 3 aromatic rings. The minimum atomic E-state index is -1.21. The van der Waals surface area contributed by atoms with Crippen LogP contribution in [0.3, 0.4) is 0 Å². The molecule has 1 saturated heterocycles. The van der Waals surface area contributed by atoms with Crippen LogP contribution in [0.5, 0.6) is 0 Å². The molecule has 146 valence electrons. The number of aryl methyl sites for hydroxylation is 1. The number of hydrogen-bond donors (Lipinski definition) is 4. The number of ether oxygens (including phenoxy) is 1. The molecular weight excluding hydrogens is 364 g/mol. The molecule has 0 unspecified atom stereocenters. The van der Waals surface area contributed by atoms with Gasteiger partial charge in [0.15, 0.2) is 18.5 Å². The van der Waals surface area contributed by atoms with Crippen LogP contribution in [-0.2, 0) is 11.8 Å². The first-order valence-corrected chi connectivity index (χ1v) is 8.84. The van der Waals surface area contributed by atoms with Gasteiger partial charge in [-0.25, -0.2) is 0 Å². The maximum absolute atomic E-state index is 12.7. The fourth-order valence-electron chi connectivity index (χ4n) is 3.34.